The molecule has 1 unspecified atom stereocenters. The standard InChI is InChI=1S/C20H23FN6O4S/c1-4-16(28)27-6-5-15(10-27)31-20-17-19(22-11-23-20)26(2)18(24-17)12-7-13(21)9-14(8-12)25-32(3,29)30/h7-9,11,15,25H,4-6,10H2,1-3H3. The van der Waals surface area contributed by atoms with E-state index >= 15 is 0 Å². The predicted molar refractivity (Wildman–Crippen MR) is 116 cm³/mol. The molecule has 1 N–H and O–H groups in total. The zero-order valence-electron chi connectivity index (χ0n) is 17.9. The van der Waals surface area contributed by atoms with Gasteiger partial charge < -0.3 is 14.2 Å². The van der Waals surface area contributed by atoms with Crippen LogP contribution in [0.4, 0.5) is 10.1 Å². The number of hydrogen-bond acceptors (Lipinski definition) is 7. The van der Waals surface area contributed by atoms with Crippen molar-refractivity contribution in [2.45, 2.75) is 25.9 Å². The van der Waals surface area contributed by atoms with Crippen molar-refractivity contribution in [1.29, 1.82) is 0 Å². The van der Waals surface area contributed by atoms with Crippen LogP contribution in [0, 0.1) is 5.82 Å². The van der Waals surface area contributed by atoms with Gasteiger partial charge in [-0.05, 0) is 18.2 Å². The fourth-order valence-electron chi connectivity index (χ4n) is 3.75. The van der Waals surface area contributed by atoms with Gasteiger partial charge >= 0.3 is 0 Å². The van der Waals surface area contributed by atoms with Crippen molar-refractivity contribution >= 4 is 32.8 Å². The number of fused-ring (bicyclic) bond motifs is 1. The summed E-state index contributed by atoms with van der Waals surface area (Å²) in [6.45, 7) is 2.92. The number of sulfonamides is 1. The molecule has 1 amide bonds. The van der Waals surface area contributed by atoms with Crippen molar-refractivity contribution in [1.82, 2.24) is 24.4 Å². The number of halogens is 1. The van der Waals surface area contributed by atoms with E-state index in [1.165, 1.54) is 18.5 Å². The quantitative estimate of drug-likeness (QED) is 0.594. The first-order valence-corrected chi connectivity index (χ1v) is 11.9. The Labute approximate surface area is 184 Å². The van der Waals surface area contributed by atoms with E-state index < -0.39 is 15.8 Å². The highest BCUT2D eigenvalue weighted by molar-refractivity contribution is 7.92. The van der Waals surface area contributed by atoms with Gasteiger partial charge in [0.15, 0.2) is 11.2 Å². The average molecular weight is 463 g/mol. The molecule has 32 heavy (non-hydrogen) atoms. The molecule has 0 spiro atoms. The van der Waals surface area contributed by atoms with Gasteiger partial charge in [-0.1, -0.05) is 6.92 Å². The fraction of sp³-hybridized carbons (Fsp3) is 0.400. The van der Waals surface area contributed by atoms with Gasteiger partial charge in [0.05, 0.1) is 18.5 Å². The number of aryl methyl sites for hydroxylation is 1. The topological polar surface area (TPSA) is 119 Å². The first kappa shape index (κ1) is 21.9. The summed E-state index contributed by atoms with van der Waals surface area (Å²) in [6.07, 6.45) is 3.26. The molecular formula is C20H23FN6O4S. The number of anilines is 1. The Bertz CT molecular complexity index is 1290. The molecule has 1 aromatic carbocycles. The molecule has 0 saturated carbocycles. The van der Waals surface area contributed by atoms with E-state index in [0.29, 0.717) is 48.5 Å². The maximum Gasteiger partial charge on any atom is 0.245 e. The summed E-state index contributed by atoms with van der Waals surface area (Å²) in [7, 11) is -1.86. The zero-order valence-corrected chi connectivity index (χ0v) is 18.7. The third kappa shape index (κ3) is 4.49. The van der Waals surface area contributed by atoms with E-state index in [0.717, 1.165) is 12.3 Å². The summed E-state index contributed by atoms with van der Waals surface area (Å²) in [5.41, 5.74) is 1.32. The van der Waals surface area contributed by atoms with Crippen LogP contribution in [0.25, 0.3) is 22.6 Å². The van der Waals surface area contributed by atoms with Crippen molar-refractivity contribution < 1.29 is 22.3 Å². The highest BCUT2D eigenvalue weighted by Crippen LogP contribution is 2.30. The highest BCUT2D eigenvalue weighted by atomic mass is 32.2. The minimum absolute atomic E-state index is 0.0775. The Morgan fingerprint density at radius 3 is 2.81 bits per heavy atom. The lowest BCUT2D eigenvalue weighted by molar-refractivity contribution is -0.130. The van der Waals surface area contributed by atoms with E-state index in [4.69, 9.17) is 4.74 Å². The Hall–Kier alpha value is -3.28. The van der Waals surface area contributed by atoms with Crippen molar-refractivity contribution in [2.24, 2.45) is 7.05 Å². The van der Waals surface area contributed by atoms with Gasteiger partial charge in [-0.15, -0.1) is 0 Å². The first-order valence-electron chi connectivity index (χ1n) is 10.0. The number of nitrogens with one attached hydrogen (secondary N) is 1. The van der Waals surface area contributed by atoms with Crippen LogP contribution in [0.15, 0.2) is 24.5 Å². The number of imidazole rings is 1. The normalized spacial score (nSPS) is 16.5. The van der Waals surface area contributed by atoms with E-state index in [1.807, 2.05) is 6.92 Å². The molecule has 3 heterocycles. The van der Waals surface area contributed by atoms with Gasteiger partial charge in [-0.2, -0.15) is 4.98 Å². The second-order valence-electron chi connectivity index (χ2n) is 7.67. The molecule has 3 aromatic rings. The smallest absolute Gasteiger partial charge is 0.245 e. The largest absolute Gasteiger partial charge is 0.471 e. The zero-order chi connectivity index (χ0) is 23.0. The lowest BCUT2D eigenvalue weighted by Gasteiger charge is -2.16. The second kappa shape index (κ2) is 8.34. The Kier molecular flexibility index (Phi) is 5.71. The van der Waals surface area contributed by atoms with Crippen LogP contribution in [-0.4, -0.2) is 64.2 Å². The van der Waals surface area contributed by atoms with Crippen LogP contribution in [0.3, 0.4) is 0 Å². The van der Waals surface area contributed by atoms with Gasteiger partial charge in [-0.25, -0.2) is 22.8 Å². The van der Waals surface area contributed by atoms with Crippen molar-refractivity contribution in [3.8, 4) is 17.3 Å². The summed E-state index contributed by atoms with van der Waals surface area (Å²) >= 11 is 0. The van der Waals surface area contributed by atoms with Crippen LogP contribution in [0.2, 0.25) is 0 Å². The molecule has 1 aliphatic rings. The number of aromatic nitrogens is 4. The maximum absolute atomic E-state index is 14.2. The molecule has 4 rings (SSSR count). The molecule has 12 heteroatoms. The molecule has 1 fully saturated rings. The van der Waals surface area contributed by atoms with E-state index in [-0.39, 0.29) is 23.6 Å². The molecule has 2 aromatic heterocycles. The molecule has 1 atom stereocenters. The molecule has 0 radical (unpaired) electrons. The third-order valence-corrected chi connectivity index (χ3v) is 5.77. The third-order valence-electron chi connectivity index (χ3n) is 5.16. The molecule has 10 nitrogen and oxygen atoms in total. The number of likely N-dealkylation sites (tertiary alicyclic amines) is 1. The molecule has 1 aliphatic heterocycles. The molecule has 170 valence electrons. The lowest BCUT2D eigenvalue weighted by Crippen LogP contribution is -2.30. The fourth-order valence-corrected chi connectivity index (χ4v) is 4.29. The van der Waals surface area contributed by atoms with Crippen LogP contribution in [0.1, 0.15) is 19.8 Å². The van der Waals surface area contributed by atoms with Crippen LogP contribution in [0.5, 0.6) is 5.88 Å². The lowest BCUT2D eigenvalue weighted by atomic mass is 10.2. The monoisotopic (exact) mass is 462 g/mol. The molecule has 1 saturated heterocycles. The van der Waals surface area contributed by atoms with Gasteiger partial charge in [0, 0.05) is 32.0 Å². The Morgan fingerprint density at radius 2 is 2.09 bits per heavy atom. The van der Waals surface area contributed by atoms with Crippen LogP contribution < -0.4 is 9.46 Å². The van der Waals surface area contributed by atoms with Crippen molar-refractivity contribution in [3.05, 3.63) is 30.3 Å². The van der Waals surface area contributed by atoms with E-state index in [1.54, 1.807) is 16.5 Å². The predicted octanol–water partition coefficient (Wildman–Crippen LogP) is 1.93. The maximum atomic E-state index is 14.2. The number of carbonyl (C=O) groups excluding carboxylic acids is 1. The summed E-state index contributed by atoms with van der Waals surface area (Å²) in [5, 5.41) is 0. The number of amides is 1. The number of carbonyl (C=O) groups is 1. The number of hydrogen-bond donors (Lipinski definition) is 1. The molecular weight excluding hydrogens is 439 g/mol. The SMILES string of the molecule is CCC(=O)N1CCC(Oc2ncnc3c2nc(-c2cc(F)cc(NS(C)(=O)=O)c2)n3C)C1. The van der Waals surface area contributed by atoms with Crippen LogP contribution in [-0.2, 0) is 21.9 Å². The van der Waals surface area contributed by atoms with Crippen LogP contribution >= 0.6 is 0 Å². The molecule has 0 aliphatic carbocycles. The van der Waals surface area contributed by atoms with E-state index in [2.05, 4.69) is 19.7 Å². The first-order chi connectivity index (χ1) is 15.1. The molecule has 0 bridgehead atoms. The second-order valence-corrected chi connectivity index (χ2v) is 9.42. The van der Waals surface area contributed by atoms with Gasteiger partial charge in [0.1, 0.15) is 24.1 Å². The number of nitrogens with zero attached hydrogens (tertiary/aromatic N) is 5. The van der Waals surface area contributed by atoms with E-state index in [9.17, 15) is 17.6 Å². The van der Waals surface area contributed by atoms with Crippen molar-refractivity contribution in [2.75, 3.05) is 24.1 Å². The average Bonchev–Trinajstić information content (AvgIpc) is 3.31. The Morgan fingerprint density at radius 1 is 1.31 bits per heavy atom. The van der Waals surface area contributed by atoms with Gasteiger partial charge in [0.2, 0.25) is 21.8 Å². The minimum atomic E-state index is -3.57. The minimum Gasteiger partial charge on any atom is -0.471 e. The van der Waals surface area contributed by atoms with Gasteiger partial charge in [-0.3, -0.25) is 9.52 Å². The van der Waals surface area contributed by atoms with Crippen molar-refractivity contribution in [3.63, 3.8) is 0 Å². The summed E-state index contributed by atoms with van der Waals surface area (Å²) in [4.78, 5) is 26.7. The summed E-state index contributed by atoms with van der Waals surface area (Å²) < 4.78 is 47.3. The Balaban J connectivity index is 1.68. The summed E-state index contributed by atoms with van der Waals surface area (Å²) in [5.74, 6) is 0.109. The highest BCUT2D eigenvalue weighted by Gasteiger charge is 2.28. The number of ether oxygens (including phenoxy) is 1. The summed E-state index contributed by atoms with van der Waals surface area (Å²) in [6, 6.07) is 3.84. The number of rotatable bonds is 6. The van der Waals surface area contributed by atoms with Gasteiger partial charge in [0.25, 0.3) is 0 Å². The number of benzene rings is 1.